The van der Waals surface area contributed by atoms with Crippen molar-refractivity contribution in [2.45, 2.75) is 32.7 Å². The van der Waals surface area contributed by atoms with Crippen LogP contribution in [0.3, 0.4) is 0 Å². The Morgan fingerprint density at radius 1 is 1.56 bits per heavy atom. The van der Waals surface area contributed by atoms with Gasteiger partial charge in [-0.15, -0.1) is 0 Å². The van der Waals surface area contributed by atoms with Crippen molar-refractivity contribution in [1.82, 2.24) is 10.2 Å². The molecule has 0 fully saturated rings. The van der Waals surface area contributed by atoms with Gasteiger partial charge in [-0.05, 0) is 13.3 Å². The normalized spacial score (nSPS) is 11.3. The molecule has 0 aliphatic rings. The molecule has 6 nitrogen and oxygen atoms in total. The Hall–Kier alpha value is -1.77. The molecule has 0 saturated carbocycles. The topological polar surface area (TPSA) is 93.4 Å². The Balaban J connectivity index is 4.47. The molecule has 0 rings (SSSR count). The van der Waals surface area contributed by atoms with Gasteiger partial charge in [-0.25, -0.2) is 9.59 Å². The van der Waals surface area contributed by atoms with Crippen molar-refractivity contribution < 1.29 is 14.7 Å². The Morgan fingerprint density at radius 2 is 2.19 bits per heavy atom. The summed E-state index contributed by atoms with van der Waals surface area (Å²) >= 11 is 0. The monoisotopic (exact) mass is 227 g/mol. The van der Waals surface area contributed by atoms with Crippen LogP contribution in [0.1, 0.15) is 26.7 Å². The molecule has 0 bridgehead atoms. The molecule has 0 heterocycles. The van der Waals surface area contributed by atoms with E-state index in [0.717, 1.165) is 11.3 Å². The first kappa shape index (κ1) is 14.2. The smallest absolute Gasteiger partial charge is 0.326 e. The minimum Gasteiger partial charge on any atom is -0.480 e. The summed E-state index contributed by atoms with van der Waals surface area (Å²) in [6.45, 7) is 3.94. The lowest BCUT2D eigenvalue weighted by Crippen LogP contribution is -2.48. The highest BCUT2D eigenvalue weighted by Gasteiger charge is 2.24. The van der Waals surface area contributed by atoms with Crippen LogP contribution in [-0.4, -0.2) is 41.1 Å². The Morgan fingerprint density at radius 3 is 2.62 bits per heavy atom. The van der Waals surface area contributed by atoms with Gasteiger partial charge in [0, 0.05) is 13.1 Å². The average molecular weight is 227 g/mol. The van der Waals surface area contributed by atoms with Gasteiger partial charge in [0.05, 0.1) is 12.5 Å². The lowest BCUT2D eigenvalue weighted by Gasteiger charge is -2.25. The summed E-state index contributed by atoms with van der Waals surface area (Å²) in [4.78, 5) is 23.5. The SMILES string of the molecule is CCCNC(=O)N(CCC#N)C(C)C(=O)O. The molecular formula is C10H17N3O3. The maximum Gasteiger partial charge on any atom is 0.326 e. The zero-order valence-corrected chi connectivity index (χ0v) is 9.56. The number of nitrogens with one attached hydrogen (secondary N) is 1. The molecule has 1 unspecified atom stereocenters. The molecule has 6 heteroatoms. The molecular weight excluding hydrogens is 210 g/mol. The number of carbonyl (C=O) groups excluding carboxylic acids is 1. The van der Waals surface area contributed by atoms with Crippen molar-refractivity contribution in [3.63, 3.8) is 0 Å². The number of amides is 2. The number of aliphatic carboxylic acids is 1. The number of hydrogen-bond donors (Lipinski definition) is 2. The first-order valence-electron chi connectivity index (χ1n) is 5.18. The Kier molecular flexibility index (Phi) is 6.68. The Bertz CT molecular complexity index is 286. The minimum absolute atomic E-state index is 0.122. The van der Waals surface area contributed by atoms with Gasteiger partial charge in [-0.3, -0.25) is 0 Å². The van der Waals surface area contributed by atoms with E-state index in [0.29, 0.717) is 6.54 Å². The van der Waals surface area contributed by atoms with E-state index in [4.69, 9.17) is 10.4 Å². The van der Waals surface area contributed by atoms with E-state index in [-0.39, 0.29) is 13.0 Å². The van der Waals surface area contributed by atoms with Gasteiger partial charge >= 0.3 is 12.0 Å². The van der Waals surface area contributed by atoms with Gasteiger partial charge in [-0.2, -0.15) is 5.26 Å². The molecule has 0 aromatic carbocycles. The number of hydrogen-bond acceptors (Lipinski definition) is 3. The number of urea groups is 1. The second-order valence-corrected chi connectivity index (χ2v) is 3.35. The molecule has 0 aromatic heterocycles. The number of carbonyl (C=O) groups is 2. The summed E-state index contributed by atoms with van der Waals surface area (Å²) in [6.07, 6.45) is 0.899. The summed E-state index contributed by atoms with van der Waals surface area (Å²) < 4.78 is 0. The van der Waals surface area contributed by atoms with E-state index in [9.17, 15) is 9.59 Å². The highest BCUT2D eigenvalue weighted by molar-refractivity contribution is 5.82. The lowest BCUT2D eigenvalue weighted by molar-refractivity contribution is -0.141. The summed E-state index contributed by atoms with van der Waals surface area (Å²) in [7, 11) is 0. The fourth-order valence-electron chi connectivity index (χ4n) is 1.11. The molecule has 0 aromatic rings. The third kappa shape index (κ3) is 4.64. The van der Waals surface area contributed by atoms with Crippen molar-refractivity contribution in [2.24, 2.45) is 0 Å². The van der Waals surface area contributed by atoms with Crippen LogP contribution in [0, 0.1) is 11.3 Å². The van der Waals surface area contributed by atoms with E-state index >= 15 is 0 Å². The molecule has 0 aliphatic heterocycles. The predicted octanol–water partition coefficient (Wildman–Crippen LogP) is 0.795. The van der Waals surface area contributed by atoms with Crippen LogP contribution in [0.15, 0.2) is 0 Å². The summed E-state index contributed by atoms with van der Waals surface area (Å²) in [5.41, 5.74) is 0. The molecule has 16 heavy (non-hydrogen) atoms. The fourth-order valence-corrected chi connectivity index (χ4v) is 1.11. The van der Waals surface area contributed by atoms with E-state index < -0.39 is 18.0 Å². The van der Waals surface area contributed by atoms with Crippen molar-refractivity contribution in [3.8, 4) is 6.07 Å². The summed E-state index contributed by atoms with van der Waals surface area (Å²) in [5, 5.41) is 19.9. The van der Waals surface area contributed by atoms with Gasteiger partial charge in [-0.1, -0.05) is 6.92 Å². The number of carboxylic acids is 1. The fraction of sp³-hybridized carbons (Fsp3) is 0.700. The second-order valence-electron chi connectivity index (χ2n) is 3.35. The zero-order valence-electron chi connectivity index (χ0n) is 9.56. The summed E-state index contributed by atoms with van der Waals surface area (Å²) in [6, 6.07) is 0.525. The Labute approximate surface area is 94.8 Å². The van der Waals surface area contributed by atoms with Crippen LogP contribution >= 0.6 is 0 Å². The molecule has 0 saturated heterocycles. The largest absolute Gasteiger partial charge is 0.480 e. The lowest BCUT2D eigenvalue weighted by atomic mass is 10.2. The van der Waals surface area contributed by atoms with Crippen molar-refractivity contribution in [3.05, 3.63) is 0 Å². The zero-order chi connectivity index (χ0) is 12.6. The molecule has 0 spiro atoms. The van der Waals surface area contributed by atoms with Gasteiger partial charge in [0.15, 0.2) is 0 Å². The molecule has 0 aliphatic carbocycles. The van der Waals surface area contributed by atoms with Gasteiger partial charge in [0.25, 0.3) is 0 Å². The molecule has 90 valence electrons. The molecule has 2 amide bonds. The maximum atomic E-state index is 11.6. The first-order chi connectivity index (χ1) is 7.54. The van der Waals surface area contributed by atoms with Crippen LogP contribution in [0.25, 0.3) is 0 Å². The van der Waals surface area contributed by atoms with Gasteiger partial charge in [0.1, 0.15) is 6.04 Å². The van der Waals surface area contributed by atoms with Crippen molar-refractivity contribution >= 4 is 12.0 Å². The predicted molar refractivity (Wildman–Crippen MR) is 57.7 cm³/mol. The van der Waals surface area contributed by atoms with E-state index in [1.165, 1.54) is 6.92 Å². The molecule has 2 N–H and O–H groups in total. The van der Waals surface area contributed by atoms with Crippen molar-refractivity contribution in [1.29, 1.82) is 5.26 Å². The number of carboxylic acid groups (broad SMARTS) is 1. The van der Waals surface area contributed by atoms with Crippen LogP contribution in [0.5, 0.6) is 0 Å². The third-order valence-electron chi connectivity index (χ3n) is 2.08. The van der Waals surface area contributed by atoms with Gasteiger partial charge < -0.3 is 15.3 Å². The number of nitriles is 1. The third-order valence-corrected chi connectivity index (χ3v) is 2.08. The maximum absolute atomic E-state index is 11.6. The van der Waals surface area contributed by atoms with Crippen LogP contribution in [-0.2, 0) is 4.79 Å². The number of nitrogens with zero attached hydrogens (tertiary/aromatic N) is 2. The number of rotatable bonds is 6. The van der Waals surface area contributed by atoms with E-state index in [1.807, 2.05) is 13.0 Å². The quantitative estimate of drug-likeness (QED) is 0.701. The molecule has 0 radical (unpaired) electrons. The minimum atomic E-state index is -1.08. The van der Waals surface area contributed by atoms with E-state index in [2.05, 4.69) is 5.32 Å². The highest BCUT2D eigenvalue weighted by atomic mass is 16.4. The van der Waals surface area contributed by atoms with Crippen molar-refractivity contribution in [2.75, 3.05) is 13.1 Å². The van der Waals surface area contributed by atoms with E-state index in [1.54, 1.807) is 0 Å². The van der Waals surface area contributed by atoms with Crippen LogP contribution < -0.4 is 5.32 Å². The average Bonchev–Trinajstić information content (AvgIpc) is 2.26. The highest BCUT2D eigenvalue weighted by Crippen LogP contribution is 2.01. The summed E-state index contributed by atoms with van der Waals surface area (Å²) in [5.74, 6) is -1.08. The van der Waals surface area contributed by atoms with Crippen LogP contribution in [0.2, 0.25) is 0 Å². The second kappa shape index (κ2) is 7.51. The molecule has 1 atom stereocenters. The van der Waals surface area contributed by atoms with Gasteiger partial charge in [0.2, 0.25) is 0 Å². The van der Waals surface area contributed by atoms with Crippen LogP contribution in [0.4, 0.5) is 4.79 Å². The first-order valence-corrected chi connectivity index (χ1v) is 5.18. The standard InChI is InChI=1S/C10H17N3O3/c1-3-6-12-10(16)13(7-4-5-11)8(2)9(14)15/h8H,3-4,6-7H2,1-2H3,(H,12,16)(H,14,15).